The molecule has 4 aromatic heterocycles. The minimum atomic E-state index is -3.12. The maximum Gasteiger partial charge on any atom is 0.229 e. The van der Waals surface area contributed by atoms with Crippen molar-refractivity contribution in [3.8, 4) is 0 Å². The third kappa shape index (κ3) is 4.01. The molecule has 1 saturated heterocycles. The van der Waals surface area contributed by atoms with Gasteiger partial charge in [0, 0.05) is 37.8 Å². The fourth-order valence-corrected chi connectivity index (χ4v) is 5.23. The molecule has 5 rings (SSSR count). The highest BCUT2D eigenvalue weighted by atomic mass is 32.2. The van der Waals surface area contributed by atoms with E-state index < -0.39 is 15.1 Å². The number of imidazole rings is 1. The molecule has 4 aromatic rings. The summed E-state index contributed by atoms with van der Waals surface area (Å²) in [6.45, 7) is 7.13. The molecule has 1 aliphatic heterocycles. The summed E-state index contributed by atoms with van der Waals surface area (Å²) >= 11 is 0. The molecule has 5 heterocycles. The van der Waals surface area contributed by atoms with Gasteiger partial charge in [0.1, 0.15) is 11.5 Å². The molecular weight excluding hydrogens is 440 g/mol. The van der Waals surface area contributed by atoms with Crippen LogP contribution in [0.4, 0.5) is 11.8 Å². The van der Waals surface area contributed by atoms with Gasteiger partial charge in [0.2, 0.25) is 5.95 Å². The van der Waals surface area contributed by atoms with E-state index in [1.54, 1.807) is 6.20 Å². The number of anilines is 2. The third-order valence-electron chi connectivity index (χ3n) is 6.14. The molecule has 1 N–H and O–H groups in total. The molecule has 2 atom stereocenters. The molecule has 1 fully saturated rings. The van der Waals surface area contributed by atoms with E-state index in [0.717, 1.165) is 22.4 Å². The first-order valence-electron chi connectivity index (χ1n) is 11.1. The molecule has 1 unspecified atom stereocenters. The third-order valence-corrected chi connectivity index (χ3v) is 7.74. The van der Waals surface area contributed by atoms with Gasteiger partial charge in [-0.3, -0.25) is 0 Å². The Kier molecular flexibility index (Phi) is 5.23. The fourth-order valence-electron chi connectivity index (χ4n) is 4.24. The van der Waals surface area contributed by atoms with Gasteiger partial charge in [0.15, 0.2) is 15.5 Å². The van der Waals surface area contributed by atoms with Crippen LogP contribution in [-0.4, -0.2) is 62.1 Å². The molecule has 11 heteroatoms. The molecule has 174 valence electrons. The van der Waals surface area contributed by atoms with Gasteiger partial charge in [-0.1, -0.05) is 6.07 Å². The van der Waals surface area contributed by atoms with Gasteiger partial charge in [0.05, 0.1) is 28.6 Å². The number of fused-ring (bicyclic) bond motifs is 2. The molecule has 0 aliphatic carbocycles. The van der Waals surface area contributed by atoms with Crippen molar-refractivity contribution in [2.75, 3.05) is 29.6 Å². The first-order valence-corrected chi connectivity index (χ1v) is 13.1. The van der Waals surface area contributed by atoms with Crippen LogP contribution in [0.1, 0.15) is 45.0 Å². The average molecular weight is 469 g/mol. The fraction of sp³-hybridized carbons (Fsp3) is 0.455. The number of rotatable bonds is 6. The highest BCUT2D eigenvalue weighted by Gasteiger charge is 2.32. The van der Waals surface area contributed by atoms with Gasteiger partial charge < -0.3 is 14.6 Å². The first-order chi connectivity index (χ1) is 15.7. The summed E-state index contributed by atoms with van der Waals surface area (Å²) in [5.74, 6) is 1.18. The predicted octanol–water partition coefficient (Wildman–Crippen LogP) is 2.85. The van der Waals surface area contributed by atoms with Crippen molar-refractivity contribution in [2.45, 2.75) is 44.5 Å². The van der Waals surface area contributed by atoms with Crippen molar-refractivity contribution >= 4 is 38.3 Å². The average Bonchev–Trinajstić information content (AvgIpc) is 3.49. The highest BCUT2D eigenvalue weighted by molar-refractivity contribution is 7.91. The lowest BCUT2D eigenvalue weighted by atomic mass is 10.2. The smallest absolute Gasteiger partial charge is 0.229 e. The van der Waals surface area contributed by atoms with Crippen LogP contribution in [0.3, 0.4) is 0 Å². The van der Waals surface area contributed by atoms with E-state index in [0.29, 0.717) is 31.3 Å². The van der Waals surface area contributed by atoms with Crippen LogP contribution in [0.5, 0.6) is 0 Å². The Morgan fingerprint density at radius 1 is 1.15 bits per heavy atom. The van der Waals surface area contributed by atoms with Crippen LogP contribution < -0.4 is 10.2 Å². The van der Waals surface area contributed by atoms with Crippen molar-refractivity contribution in [3.05, 3.63) is 42.5 Å². The van der Waals surface area contributed by atoms with E-state index in [1.165, 1.54) is 6.26 Å². The van der Waals surface area contributed by atoms with E-state index in [2.05, 4.69) is 24.3 Å². The monoisotopic (exact) mass is 468 g/mol. The van der Waals surface area contributed by atoms with Gasteiger partial charge >= 0.3 is 0 Å². The van der Waals surface area contributed by atoms with Crippen LogP contribution in [0.2, 0.25) is 0 Å². The second-order valence-electron chi connectivity index (χ2n) is 8.98. The summed E-state index contributed by atoms with van der Waals surface area (Å²) in [6.07, 6.45) is 7.62. The maximum absolute atomic E-state index is 12.1. The number of hydrogen-bond acceptors (Lipinski definition) is 8. The second-order valence-corrected chi connectivity index (χ2v) is 11.3. The van der Waals surface area contributed by atoms with Gasteiger partial charge in [-0.25, -0.2) is 18.1 Å². The van der Waals surface area contributed by atoms with Gasteiger partial charge in [-0.15, -0.1) is 0 Å². The van der Waals surface area contributed by atoms with Crippen LogP contribution in [0.15, 0.2) is 36.8 Å². The Bertz CT molecular complexity index is 1390. The lowest BCUT2D eigenvalue weighted by Gasteiger charge is -2.19. The number of nitrogens with zero attached hydrogens (tertiary/aromatic N) is 7. The molecule has 0 radical (unpaired) electrons. The van der Waals surface area contributed by atoms with E-state index in [4.69, 9.17) is 15.0 Å². The van der Waals surface area contributed by atoms with Crippen LogP contribution in [0, 0.1) is 0 Å². The normalized spacial score (nSPS) is 18.0. The molecule has 0 saturated carbocycles. The SMILES string of the molecule is CC(C)n1ncc2c(N[C@@H](C)c3cn4ccccc4n3)nc(N3CCC(S(C)(=O)=O)C3)nc21. The van der Waals surface area contributed by atoms with E-state index in [9.17, 15) is 8.42 Å². The zero-order valence-electron chi connectivity index (χ0n) is 19.2. The molecule has 0 amide bonds. The van der Waals surface area contributed by atoms with Crippen molar-refractivity contribution in [3.63, 3.8) is 0 Å². The summed E-state index contributed by atoms with van der Waals surface area (Å²) in [4.78, 5) is 16.3. The Morgan fingerprint density at radius 3 is 2.67 bits per heavy atom. The Labute approximate surface area is 192 Å². The largest absolute Gasteiger partial charge is 0.361 e. The van der Waals surface area contributed by atoms with Gasteiger partial charge in [-0.2, -0.15) is 15.1 Å². The zero-order chi connectivity index (χ0) is 23.3. The topological polar surface area (TPSA) is 110 Å². The minimum absolute atomic E-state index is 0.111. The maximum atomic E-state index is 12.1. The predicted molar refractivity (Wildman–Crippen MR) is 128 cm³/mol. The van der Waals surface area contributed by atoms with Gasteiger partial charge in [0.25, 0.3) is 0 Å². The number of sulfone groups is 1. The van der Waals surface area contributed by atoms with Crippen molar-refractivity contribution in [2.24, 2.45) is 0 Å². The number of pyridine rings is 1. The molecule has 1 aliphatic rings. The highest BCUT2D eigenvalue weighted by Crippen LogP contribution is 2.30. The molecule has 0 aromatic carbocycles. The zero-order valence-corrected chi connectivity index (χ0v) is 20.0. The van der Waals surface area contributed by atoms with Crippen LogP contribution in [-0.2, 0) is 9.84 Å². The van der Waals surface area contributed by atoms with E-state index in [-0.39, 0.29) is 12.1 Å². The number of hydrogen-bond donors (Lipinski definition) is 1. The lowest BCUT2D eigenvalue weighted by Crippen LogP contribution is -2.27. The minimum Gasteiger partial charge on any atom is -0.361 e. The van der Waals surface area contributed by atoms with Gasteiger partial charge in [-0.05, 0) is 39.3 Å². The summed E-state index contributed by atoms with van der Waals surface area (Å²) in [7, 11) is -3.12. The lowest BCUT2D eigenvalue weighted by molar-refractivity contribution is 0.546. The summed E-state index contributed by atoms with van der Waals surface area (Å²) in [5, 5.41) is 8.45. The van der Waals surface area contributed by atoms with Crippen molar-refractivity contribution in [1.29, 1.82) is 0 Å². The summed E-state index contributed by atoms with van der Waals surface area (Å²) < 4.78 is 28.0. The number of aromatic nitrogens is 6. The Morgan fingerprint density at radius 2 is 1.97 bits per heavy atom. The molecule has 0 bridgehead atoms. The van der Waals surface area contributed by atoms with Crippen LogP contribution in [0.25, 0.3) is 16.7 Å². The Balaban J connectivity index is 1.53. The molecule has 33 heavy (non-hydrogen) atoms. The number of nitrogens with one attached hydrogen (secondary N) is 1. The van der Waals surface area contributed by atoms with Crippen molar-refractivity contribution in [1.82, 2.24) is 29.1 Å². The van der Waals surface area contributed by atoms with Crippen LogP contribution >= 0.6 is 0 Å². The Hall–Kier alpha value is -3.21. The molecule has 0 spiro atoms. The molecular formula is C22H28N8O2S. The standard InChI is InChI=1S/C22H28N8O2S/c1-14(2)30-21-17(11-23-30)20(24-15(3)18-13-28-9-6-5-7-19(28)25-18)26-22(27-21)29-10-8-16(12-29)33(4,31)32/h5-7,9,11,13-16H,8,10,12H2,1-4H3,(H,24,26,27)/t15-,16?/m0/s1. The summed E-state index contributed by atoms with van der Waals surface area (Å²) in [5.41, 5.74) is 2.50. The quantitative estimate of drug-likeness (QED) is 0.460. The second kappa shape index (κ2) is 7.98. The first kappa shape index (κ1) is 21.6. The summed E-state index contributed by atoms with van der Waals surface area (Å²) in [6, 6.07) is 5.91. The van der Waals surface area contributed by atoms with E-state index in [1.807, 2.05) is 51.5 Å². The van der Waals surface area contributed by atoms with Crippen molar-refractivity contribution < 1.29 is 8.42 Å². The van der Waals surface area contributed by atoms with E-state index >= 15 is 0 Å². The molecule has 10 nitrogen and oxygen atoms in total.